The number of halogens is 1. The number of carbonyl (C=O) groups is 1. The van der Waals surface area contributed by atoms with E-state index >= 15 is 0 Å². The van der Waals surface area contributed by atoms with Crippen molar-refractivity contribution in [1.29, 1.82) is 0 Å². The zero-order valence-corrected chi connectivity index (χ0v) is 20.7. The lowest BCUT2D eigenvalue weighted by atomic mass is 10.1. The summed E-state index contributed by atoms with van der Waals surface area (Å²) in [4.78, 5) is 17.5. The van der Waals surface area contributed by atoms with Crippen molar-refractivity contribution in [2.24, 2.45) is 0 Å². The van der Waals surface area contributed by atoms with Gasteiger partial charge in [0.1, 0.15) is 18.2 Å². The number of H-pyrrole nitrogens is 1. The van der Waals surface area contributed by atoms with Gasteiger partial charge in [-0.1, -0.05) is 18.2 Å². The summed E-state index contributed by atoms with van der Waals surface area (Å²) in [5.41, 5.74) is 2.96. The number of nitrogens with zero attached hydrogens (tertiary/aromatic N) is 3. The van der Waals surface area contributed by atoms with Crippen molar-refractivity contribution >= 4 is 28.3 Å². The predicted octanol–water partition coefficient (Wildman–Crippen LogP) is 4.30. The fraction of sp³-hybridized carbons (Fsp3) is 0.286. The van der Waals surface area contributed by atoms with E-state index in [4.69, 9.17) is 9.47 Å². The van der Waals surface area contributed by atoms with E-state index in [1.54, 1.807) is 18.2 Å². The molecule has 1 aliphatic heterocycles. The van der Waals surface area contributed by atoms with Crippen LogP contribution in [0.25, 0.3) is 10.9 Å². The van der Waals surface area contributed by atoms with Crippen LogP contribution in [-0.4, -0.2) is 67.4 Å². The number of hydrogen-bond donors (Lipinski definition) is 2. The number of anilines is 2. The summed E-state index contributed by atoms with van der Waals surface area (Å²) >= 11 is 0. The maximum Gasteiger partial charge on any atom is 0.256 e. The summed E-state index contributed by atoms with van der Waals surface area (Å²) in [6, 6.07) is 19.7. The summed E-state index contributed by atoms with van der Waals surface area (Å²) in [6.07, 6.45) is 0. The van der Waals surface area contributed by atoms with Crippen molar-refractivity contribution in [2.75, 3.05) is 56.7 Å². The van der Waals surface area contributed by atoms with Gasteiger partial charge in [0.25, 0.3) is 5.91 Å². The number of hydrogen-bond acceptors (Lipinski definition) is 6. The number of fused-ring (bicyclic) bond motifs is 1. The molecule has 1 amide bonds. The Bertz CT molecular complexity index is 1350. The molecule has 37 heavy (non-hydrogen) atoms. The lowest BCUT2D eigenvalue weighted by Crippen LogP contribution is -2.44. The van der Waals surface area contributed by atoms with E-state index in [2.05, 4.69) is 32.4 Å². The maximum atomic E-state index is 13.6. The Hall–Kier alpha value is -3.95. The molecular weight excluding hydrogens is 473 g/mol. The Morgan fingerprint density at radius 1 is 1.03 bits per heavy atom. The first-order chi connectivity index (χ1) is 18.1. The number of aromatic amines is 1. The summed E-state index contributed by atoms with van der Waals surface area (Å²) in [7, 11) is 2.13. The van der Waals surface area contributed by atoms with Gasteiger partial charge in [0.15, 0.2) is 5.82 Å². The highest BCUT2D eigenvalue weighted by Gasteiger charge is 2.16. The lowest BCUT2D eigenvalue weighted by molar-refractivity contribution is 0.0872. The van der Waals surface area contributed by atoms with Crippen LogP contribution in [0.4, 0.5) is 15.9 Å². The number of amides is 1. The van der Waals surface area contributed by atoms with Crippen LogP contribution in [0.15, 0.2) is 66.7 Å². The second kappa shape index (κ2) is 11.4. The molecule has 0 saturated carbocycles. The van der Waals surface area contributed by atoms with E-state index in [0.29, 0.717) is 35.9 Å². The third kappa shape index (κ3) is 6.07. The summed E-state index contributed by atoms with van der Waals surface area (Å²) < 4.78 is 24.9. The molecule has 1 fully saturated rings. The van der Waals surface area contributed by atoms with Gasteiger partial charge in [-0.05, 0) is 49.5 Å². The van der Waals surface area contributed by atoms with E-state index in [1.165, 1.54) is 6.07 Å². The molecule has 2 heterocycles. The van der Waals surface area contributed by atoms with Crippen LogP contribution in [0.5, 0.6) is 5.75 Å². The molecule has 5 rings (SSSR count). The minimum absolute atomic E-state index is 0.192. The number of rotatable bonds is 9. The minimum atomic E-state index is -0.279. The van der Waals surface area contributed by atoms with Crippen LogP contribution >= 0.6 is 0 Å². The molecule has 0 unspecified atom stereocenters. The largest absolute Gasteiger partial charge is 0.491 e. The summed E-state index contributed by atoms with van der Waals surface area (Å²) in [5.74, 6) is 0.607. The molecule has 0 spiro atoms. The fourth-order valence-corrected chi connectivity index (χ4v) is 4.27. The van der Waals surface area contributed by atoms with Crippen LogP contribution in [-0.2, 0) is 11.3 Å². The van der Waals surface area contributed by atoms with Crippen molar-refractivity contribution in [3.8, 4) is 5.75 Å². The van der Waals surface area contributed by atoms with E-state index in [0.717, 1.165) is 42.8 Å². The smallest absolute Gasteiger partial charge is 0.256 e. The quantitative estimate of drug-likeness (QED) is 0.332. The van der Waals surface area contributed by atoms with Crippen LogP contribution < -0.4 is 15.0 Å². The highest BCUT2D eigenvalue weighted by atomic mass is 19.1. The minimum Gasteiger partial charge on any atom is -0.491 e. The first-order valence-electron chi connectivity index (χ1n) is 12.3. The average Bonchev–Trinajstić information content (AvgIpc) is 3.32. The Morgan fingerprint density at radius 3 is 2.59 bits per heavy atom. The number of nitrogens with one attached hydrogen (secondary N) is 2. The van der Waals surface area contributed by atoms with Crippen molar-refractivity contribution < 1.29 is 18.7 Å². The van der Waals surface area contributed by atoms with E-state index < -0.39 is 0 Å². The lowest BCUT2D eigenvalue weighted by Gasteiger charge is -2.34. The molecule has 1 aromatic heterocycles. The van der Waals surface area contributed by atoms with Crippen molar-refractivity contribution in [3.05, 3.63) is 83.7 Å². The topological polar surface area (TPSA) is 82.7 Å². The van der Waals surface area contributed by atoms with Gasteiger partial charge in [-0.3, -0.25) is 9.89 Å². The number of ether oxygens (including phenoxy) is 2. The van der Waals surface area contributed by atoms with Crippen LogP contribution in [0.1, 0.15) is 15.9 Å². The molecular formula is C28H30FN5O3. The number of benzene rings is 3. The van der Waals surface area contributed by atoms with Crippen LogP contribution in [0, 0.1) is 5.82 Å². The first-order valence-corrected chi connectivity index (χ1v) is 12.3. The zero-order chi connectivity index (χ0) is 25.6. The maximum absolute atomic E-state index is 13.6. The van der Waals surface area contributed by atoms with Crippen LogP contribution in [0.3, 0.4) is 0 Å². The second-order valence-electron chi connectivity index (χ2n) is 9.06. The molecule has 9 heteroatoms. The molecule has 4 aromatic rings. The highest BCUT2D eigenvalue weighted by molar-refractivity contribution is 6.08. The SMILES string of the molecule is CN1CCN(c2ccc(C(=O)Nc3n[nH]c4cc(OCCOCc5ccccc5F)ccc34)cc2)CC1. The van der Waals surface area contributed by atoms with Crippen molar-refractivity contribution in [2.45, 2.75) is 6.61 Å². The highest BCUT2D eigenvalue weighted by Crippen LogP contribution is 2.25. The van der Waals surface area contributed by atoms with Crippen LogP contribution in [0.2, 0.25) is 0 Å². The third-order valence-corrected chi connectivity index (χ3v) is 6.48. The number of carbonyl (C=O) groups excluding carboxylic acids is 1. The van der Waals surface area contributed by atoms with Crippen molar-refractivity contribution in [1.82, 2.24) is 15.1 Å². The molecule has 1 saturated heterocycles. The first kappa shape index (κ1) is 24.7. The molecule has 2 N–H and O–H groups in total. The number of piperazine rings is 1. The van der Waals surface area contributed by atoms with Gasteiger partial charge < -0.3 is 24.6 Å². The summed E-state index contributed by atoms with van der Waals surface area (Å²) in [6.45, 7) is 4.86. The Morgan fingerprint density at radius 2 is 1.81 bits per heavy atom. The van der Waals surface area contributed by atoms with Gasteiger partial charge in [-0.25, -0.2) is 4.39 Å². The molecule has 8 nitrogen and oxygen atoms in total. The molecule has 0 atom stereocenters. The van der Waals surface area contributed by atoms with Gasteiger partial charge in [-0.2, -0.15) is 5.10 Å². The predicted molar refractivity (Wildman–Crippen MR) is 142 cm³/mol. The van der Waals surface area contributed by atoms with Gasteiger partial charge in [-0.15, -0.1) is 0 Å². The molecule has 192 valence electrons. The Kier molecular flexibility index (Phi) is 7.62. The zero-order valence-electron chi connectivity index (χ0n) is 20.7. The molecule has 3 aromatic carbocycles. The van der Waals surface area contributed by atoms with Gasteiger partial charge >= 0.3 is 0 Å². The Labute approximate surface area is 215 Å². The van der Waals surface area contributed by atoms with E-state index in [1.807, 2.05) is 42.5 Å². The van der Waals surface area contributed by atoms with E-state index in [-0.39, 0.29) is 18.3 Å². The summed E-state index contributed by atoms with van der Waals surface area (Å²) in [5, 5.41) is 10.9. The fourth-order valence-electron chi connectivity index (χ4n) is 4.27. The molecule has 0 bridgehead atoms. The second-order valence-corrected chi connectivity index (χ2v) is 9.06. The monoisotopic (exact) mass is 503 g/mol. The number of likely N-dealkylation sites (N-methyl/N-ethyl adjacent to an activating group) is 1. The van der Waals surface area contributed by atoms with E-state index in [9.17, 15) is 9.18 Å². The van der Waals surface area contributed by atoms with Crippen molar-refractivity contribution in [3.63, 3.8) is 0 Å². The van der Waals surface area contributed by atoms with Gasteiger partial charge in [0.2, 0.25) is 0 Å². The standard InChI is InChI=1S/C28H30FN5O3/c1-33-12-14-34(15-13-33)22-8-6-20(7-9-22)28(35)30-27-24-11-10-23(18-26(24)31-32-27)37-17-16-36-19-21-4-2-3-5-25(21)29/h2-11,18H,12-17,19H2,1H3,(H2,30,31,32,35). The van der Waals surface area contributed by atoms with Gasteiger partial charge in [0, 0.05) is 54.4 Å². The molecule has 1 aliphatic rings. The normalized spacial score (nSPS) is 14.2. The van der Waals surface area contributed by atoms with Gasteiger partial charge in [0.05, 0.1) is 18.7 Å². The number of aromatic nitrogens is 2. The molecule has 0 radical (unpaired) electrons. The average molecular weight is 504 g/mol. The third-order valence-electron chi connectivity index (χ3n) is 6.48. The Balaban J connectivity index is 1.13. The molecule has 0 aliphatic carbocycles.